The first kappa shape index (κ1) is 13.1. The summed E-state index contributed by atoms with van der Waals surface area (Å²) in [6.45, 7) is 8.17. The monoisotopic (exact) mass is 214 g/mol. The average molecular weight is 214 g/mol. The number of carboxylic acid groups (broad SMARTS) is 1. The molecule has 0 aliphatic heterocycles. The van der Waals surface area contributed by atoms with E-state index in [2.05, 4.69) is 13.2 Å². The van der Waals surface area contributed by atoms with E-state index in [0.717, 1.165) is 6.26 Å². The number of carbonyl (C=O) groups is 1. The highest BCUT2D eigenvalue weighted by atomic mass is 16.7. The Kier molecular flexibility index (Phi) is 6.54. The molecule has 0 fully saturated rings. The quantitative estimate of drug-likeness (QED) is 0.378. The van der Waals surface area contributed by atoms with Gasteiger partial charge in [-0.15, -0.1) is 0 Å². The third-order valence-corrected chi connectivity index (χ3v) is 1.33. The Labute approximate surface area is 88.3 Å². The van der Waals surface area contributed by atoms with Crippen molar-refractivity contribution in [1.82, 2.24) is 0 Å². The molecule has 1 N–H and O–H groups in total. The average Bonchev–Trinajstić information content (AvgIpc) is 2.18. The first-order valence-electron chi connectivity index (χ1n) is 4.16. The minimum absolute atomic E-state index is 0.0443. The highest BCUT2D eigenvalue weighted by Crippen LogP contribution is 1.99. The molecule has 0 aliphatic carbocycles. The maximum absolute atomic E-state index is 10.4. The van der Waals surface area contributed by atoms with E-state index in [9.17, 15) is 4.79 Å². The van der Waals surface area contributed by atoms with Gasteiger partial charge in [-0.3, -0.25) is 0 Å². The van der Waals surface area contributed by atoms with E-state index in [-0.39, 0.29) is 12.2 Å². The molecule has 0 aromatic carbocycles. The van der Waals surface area contributed by atoms with Gasteiger partial charge >= 0.3 is 5.97 Å². The van der Waals surface area contributed by atoms with Crippen molar-refractivity contribution in [3.63, 3.8) is 0 Å². The lowest BCUT2D eigenvalue weighted by Gasteiger charge is -2.14. The van der Waals surface area contributed by atoms with Gasteiger partial charge < -0.3 is 19.3 Å². The van der Waals surface area contributed by atoms with E-state index in [1.165, 1.54) is 19.4 Å². The lowest BCUT2D eigenvalue weighted by molar-refractivity contribution is -0.133. The third kappa shape index (κ3) is 6.20. The zero-order valence-electron chi connectivity index (χ0n) is 8.51. The van der Waals surface area contributed by atoms with Gasteiger partial charge in [-0.2, -0.15) is 0 Å². The normalized spacial score (nSPS) is 10.7. The predicted molar refractivity (Wildman–Crippen MR) is 53.7 cm³/mol. The molecule has 0 bridgehead atoms. The van der Waals surface area contributed by atoms with Gasteiger partial charge in [-0.25, -0.2) is 4.79 Å². The Morgan fingerprint density at radius 1 is 1.40 bits per heavy atom. The number of ether oxygens (including phenoxy) is 3. The summed E-state index contributed by atoms with van der Waals surface area (Å²) < 4.78 is 14.7. The Morgan fingerprint density at radius 2 is 1.93 bits per heavy atom. The second kappa shape index (κ2) is 7.49. The fourth-order valence-electron chi connectivity index (χ4n) is 0.627. The summed E-state index contributed by atoms with van der Waals surface area (Å²) in [6, 6.07) is 0. The summed E-state index contributed by atoms with van der Waals surface area (Å²) in [5.74, 6) is -1.04. The molecule has 0 atom stereocenters. The van der Waals surface area contributed by atoms with E-state index < -0.39 is 12.3 Å². The highest BCUT2D eigenvalue weighted by Gasteiger charge is 2.07. The second-order valence-electron chi connectivity index (χ2n) is 2.47. The van der Waals surface area contributed by atoms with Gasteiger partial charge in [0.15, 0.2) is 6.61 Å². The van der Waals surface area contributed by atoms with E-state index in [0.29, 0.717) is 0 Å². The molecule has 0 rings (SSSR count). The largest absolute Gasteiger partial charge is 0.493 e. The van der Waals surface area contributed by atoms with Crippen LogP contribution < -0.4 is 0 Å². The first-order chi connectivity index (χ1) is 7.11. The van der Waals surface area contributed by atoms with Crippen LogP contribution in [-0.2, 0) is 19.0 Å². The van der Waals surface area contributed by atoms with Crippen LogP contribution in [0.25, 0.3) is 0 Å². The van der Waals surface area contributed by atoms with Crippen molar-refractivity contribution in [2.45, 2.75) is 13.2 Å². The molecule has 0 radical (unpaired) electrons. The molecule has 0 aromatic rings. The van der Waals surface area contributed by atoms with Crippen LogP contribution in [-0.4, -0.2) is 24.0 Å². The van der Waals surface area contributed by atoms with Crippen molar-refractivity contribution >= 4 is 5.97 Å². The van der Waals surface area contributed by atoms with Crippen molar-refractivity contribution in [3.05, 3.63) is 37.5 Å². The number of hydrogen-bond acceptors (Lipinski definition) is 4. The molecule has 0 saturated carbocycles. The van der Waals surface area contributed by atoms with Crippen molar-refractivity contribution < 1.29 is 24.1 Å². The van der Waals surface area contributed by atoms with Crippen LogP contribution in [0.5, 0.6) is 0 Å². The topological polar surface area (TPSA) is 65.0 Å². The van der Waals surface area contributed by atoms with Crippen LogP contribution in [0.15, 0.2) is 37.5 Å². The van der Waals surface area contributed by atoms with Crippen LogP contribution in [0, 0.1) is 0 Å². The molecule has 0 spiro atoms. The summed E-state index contributed by atoms with van der Waals surface area (Å²) in [6.07, 6.45) is 2.84. The summed E-state index contributed by atoms with van der Waals surface area (Å²) in [4.78, 5) is 10.4. The number of rotatable bonds is 8. The summed E-state index contributed by atoms with van der Waals surface area (Å²) in [7, 11) is 0. The third-order valence-electron chi connectivity index (χ3n) is 1.33. The van der Waals surface area contributed by atoms with Gasteiger partial charge in [-0.05, 0) is 6.92 Å². The predicted octanol–water partition coefficient (Wildman–Crippen LogP) is 1.64. The Bertz CT molecular complexity index is 247. The molecule has 0 saturated heterocycles. The highest BCUT2D eigenvalue weighted by molar-refractivity contribution is 5.85. The van der Waals surface area contributed by atoms with Gasteiger partial charge in [0, 0.05) is 0 Å². The van der Waals surface area contributed by atoms with Crippen molar-refractivity contribution in [3.8, 4) is 0 Å². The van der Waals surface area contributed by atoms with Gasteiger partial charge in [0.05, 0.1) is 24.4 Å². The Hall–Kier alpha value is -1.91. The maximum atomic E-state index is 10.4. The Balaban J connectivity index is 3.98. The van der Waals surface area contributed by atoms with Crippen LogP contribution >= 0.6 is 0 Å². The zero-order chi connectivity index (χ0) is 11.7. The van der Waals surface area contributed by atoms with Gasteiger partial charge in [0.25, 0.3) is 6.29 Å². The van der Waals surface area contributed by atoms with Crippen molar-refractivity contribution in [2.75, 3.05) is 6.61 Å². The van der Waals surface area contributed by atoms with Crippen molar-refractivity contribution in [2.24, 2.45) is 0 Å². The lowest BCUT2D eigenvalue weighted by atomic mass is 10.3. The van der Waals surface area contributed by atoms with E-state index in [1.807, 2.05) is 0 Å². The molecule has 0 heterocycles. The molecular formula is C10H14O5. The maximum Gasteiger partial charge on any atom is 0.334 e. The summed E-state index contributed by atoms with van der Waals surface area (Å²) >= 11 is 0. The smallest absolute Gasteiger partial charge is 0.334 e. The van der Waals surface area contributed by atoms with Gasteiger partial charge in [-0.1, -0.05) is 13.2 Å². The van der Waals surface area contributed by atoms with E-state index >= 15 is 0 Å². The van der Waals surface area contributed by atoms with Gasteiger partial charge in [0.2, 0.25) is 0 Å². The number of hydrogen-bond donors (Lipinski definition) is 1. The summed E-state index contributed by atoms with van der Waals surface area (Å²) in [5.41, 5.74) is 0.0888. The molecule has 0 aromatic heterocycles. The molecule has 84 valence electrons. The molecular weight excluding hydrogens is 200 g/mol. The van der Waals surface area contributed by atoms with Crippen LogP contribution in [0.1, 0.15) is 6.92 Å². The van der Waals surface area contributed by atoms with Crippen LogP contribution in [0.3, 0.4) is 0 Å². The first-order valence-corrected chi connectivity index (χ1v) is 4.16. The minimum atomic E-state index is -1.04. The van der Waals surface area contributed by atoms with Gasteiger partial charge in [0.1, 0.15) is 0 Å². The number of carboxylic acids is 1. The molecule has 0 aliphatic rings. The SMILES string of the molecule is C=COC(COC=C(C)C(=O)O)OC=C. The molecule has 0 amide bonds. The van der Waals surface area contributed by atoms with Crippen molar-refractivity contribution in [1.29, 1.82) is 0 Å². The molecule has 5 heteroatoms. The molecule has 15 heavy (non-hydrogen) atoms. The number of aliphatic carboxylic acids is 1. The van der Waals surface area contributed by atoms with E-state index in [1.54, 1.807) is 0 Å². The second-order valence-corrected chi connectivity index (χ2v) is 2.47. The molecule has 0 unspecified atom stereocenters. The minimum Gasteiger partial charge on any atom is -0.493 e. The standard InChI is InChI=1S/C10H14O5/c1-4-14-9(15-5-2)7-13-6-8(3)10(11)12/h4-6,9H,1-2,7H2,3H3,(H,11,12). The van der Waals surface area contributed by atoms with E-state index in [4.69, 9.17) is 19.3 Å². The zero-order valence-corrected chi connectivity index (χ0v) is 8.51. The lowest BCUT2D eigenvalue weighted by Crippen LogP contribution is -2.18. The fourth-order valence-corrected chi connectivity index (χ4v) is 0.627. The Morgan fingerprint density at radius 3 is 2.33 bits per heavy atom. The van der Waals surface area contributed by atoms with Crippen LogP contribution in [0.2, 0.25) is 0 Å². The molecule has 5 nitrogen and oxygen atoms in total. The fraction of sp³-hybridized carbons (Fsp3) is 0.300. The summed E-state index contributed by atoms with van der Waals surface area (Å²) in [5, 5.41) is 8.51. The van der Waals surface area contributed by atoms with Crippen LogP contribution in [0.4, 0.5) is 0 Å².